The van der Waals surface area contributed by atoms with Gasteiger partial charge in [-0.3, -0.25) is 4.79 Å². The predicted molar refractivity (Wildman–Crippen MR) is 27.2 cm³/mol. The number of hydrogen-bond acceptors (Lipinski definition) is 2. The summed E-state index contributed by atoms with van der Waals surface area (Å²) in [6.07, 6.45) is 0.392. The van der Waals surface area contributed by atoms with Gasteiger partial charge < -0.3 is 0 Å². The number of alkyl halides is 1. The maximum atomic E-state index is 12.2. The second-order valence-corrected chi connectivity index (χ2v) is 2.63. The molecule has 0 amide bonds. The van der Waals surface area contributed by atoms with E-state index >= 15 is 0 Å². The van der Waals surface area contributed by atoms with Gasteiger partial charge in [-0.2, -0.15) is 11.8 Å². The molecule has 0 N–H and O–H groups in total. The monoisotopic (exact) mass is 120 g/mol. The fraction of sp³-hybridized carbons (Fsp3) is 0.750. The van der Waals surface area contributed by atoms with Crippen molar-refractivity contribution in [3.63, 3.8) is 0 Å². The average Bonchev–Trinajstić information content (AvgIpc) is 1.61. The topological polar surface area (TPSA) is 17.1 Å². The van der Waals surface area contributed by atoms with E-state index < -0.39 is 5.67 Å². The van der Waals surface area contributed by atoms with Crippen LogP contribution in [0.15, 0.2) is 0 Å². The summed E-state index contributed by atoms with van der Waals surface area (Å²) in [6.45, 7) is 0. The van der Waals surface area contributed by atoms with E-state index in [2.05, 4.69) is 0 Å². The third-order valence-electron chi connectivity index (χ3n) is 0.895. The number of aldehydes is 1. The number of hydrogen-bond donors (Lipinski definition) is 0. The van der Waals surface area contributed by atoms with Crippen LogP contribution < -0.4 is 0 Å². The Kier molecular flexibility index (Phi) is 1.07. The first-order chi connectivity index (χ1) is 3.27. The van der Waals surface area contributed by atoms with Gasteiger partial charge >= 0.3 is 0 Å². The van der Waals surface area contributed by atoms with Gasteiger partial charge in [-0.15, -0.1) is 0 Å². The molecule has 0 saturated carbocycles. The van der Waals surface area contributed by atoms with E-state index in [1.165, 1.54) is 11.8 Å². The van der Waals surface area contributed by atoms with Crippen molar-refractivity contribution in [3.05, 3.63) is 0 Å². The Morgan fingerprint density at radius 3 is 2.29 bits per heavy atom. The van der Waals surface area contributed by atoms with Crippen molar-refractivity contribution in [1.29, 1.82) is 0 Å². The second kappa shape index (κ2) is 1.47. The summed E-state index contributed by atoms with van der Waals surface area (Å²) in [5, 5.41) is 0. The molecular formula is C4H5FOS. The molecular weight excluding hydrogens is 115 g/mol. The number of carbonyl (C=O) groups excluding carboxylic acids is 1. The van der Waals surface area contributed by atoms with Crippen LogP contribution in [0.4, 0.5) is 4.39 Å². The van der Waals surface area contributed by atoms with Crippen molar-refractivity contribution in [2.24, 2.45) is 0 Å². The van der Waals surface area contributed by atoms with Gasteiger partial charge in [0.2, 0.25) is 0 Å². The third kappa shape index (κ3) is 0.774. The zero-order chi connectivity index (χ0) is 5.33. The summed E-state index contributed by atoms with van der Waals surface area (Å²) in [7, 11) is 0. The molecule has 1 heterocycles. The van der Waals surface area contributed by atoms with Crippen molar-refractivity contribution >= 4 is 18.0 Å². The molecule has 0 aromatic heterocycles. The highest BCUT2D eigenvalue weighted by Gasteiger charge is 2.37. The van der Waals surface area contributed by atoms with Crippen LogP contribution in [0.5, 0.6) is 0 Å². The minimum absolute atomic E-state index is 0.358. The van der Waals surface area contributed by atoms with Crippen LogP contribution in [0.2, 0.25) is 0 Å². The largest absolute Gasteiger partial charge is 0.300 e. The predicted octanol–water partition coefficient (Wildman–Crippen LogP) is 0.640. The molecule has 0 unspecified atom stereocenters. The lowest BCUT2D eigenvalue weighted by Gasteiger charge is -2.26. The molecule has 0 radical (unpaired) electrons. The first-order valence-corrected chi connectivity index (χ1v) is 3.15. The molecule has 0 bridgehead atoms. The molecule has 1 aliphatic heterocycles. The zero-order valence-electron chi connectivity index (χ0n) is 3.69. The van der Waals surface area contributed by atoms with E-state index in [-0.39, 0.29) is 0 Å². The van der Waals surface area contributed by atoms with Crippen LogP contribution in [0.25, 0.3) is 0 Å². The summed E-state index contributed by atoms with van der Waals surface area (Å²) < 4.78 is 12.2. The van der Waals surface area contributed by atoms with Crippen molar-refractivity contribution in [2.45, 2.75) is 5.67 Å². The SMILES string of the molecule is O=CC1(F)CSC1. The summed E-state index contributed by atoms with van der Waals surface area (Å²) >= 11 is 1.46. The highest BCUT2D eigenvalue weighted by molar-refractivity contribution is 8.01. The van der Waals surface area contributed by atoms with Gasteiger partial charge in [0.05, 0.1) is 0 Å². The Morgan fingerprint density at radius 2 is 2.29 bits per heavy atom. The molecule has 3 heteroatoms. The molecule has 0 aliphatic carbocycles. The Balaban J connectivity index is 2.43. The van der Waals surface area contributed by atoms with Crippen molar-refractivity contribution in [1.82, 2.24) is 0 Å². The van der Waals surface area contributed by atoms with Gasteiger partial charge in [-0.1, -0.05) is 0 Å². The first kappa shape index (κ1) is 5.09. The summed E-state index contributed by atoms with van der Waals surface area (Å²) in [5.41, 5.74) is -1.45. The minimum atomic E-state index is -1.45. The van der Waals surface area contributed by atoms with E-state index in [1.807, 2.05) is 0 Å². The van der Waals surface area contributed by atoms with Gasteiger partial charge in [0.25, 0.3) is 0 Å². The van der Waals surface area contributed by atoms with Gasteiger partial charge in [0.15, 0.2) is 12.0 Å². The lowest BCUT2D eigenvalue weighted by atomic mass is 10.2. The van der Waals surface area contributed by atoms with Gasteiger partial charge in [-0.05, 0) is 0 Å². The maximum absolute atomic E-state index is 12.2. The van der Waals surface area contributed by atoms with E-state index in [9.17, 15) is 9.18 Å². The Morgan fingerprint density at radius 1 is 1.71 bits per heavy atom. The van der Waals surface area contributed by atoms with Gasteiger partial charge in [0.1, 0.15) is 0 Å². The molecule has 7 heavy (non-hydrogen) atoms. The summed E-state index contributed by atoms with van der Waals surface area (Å²) in [4.78, 5) is 9.72. The third-order valence-corrected chi connectivity index (χ3v) is 2.26. The molecule has 1 nitrogen and oxygen atoms in total. The molecule has 1 saturated heterocycles. The van der Waals surface area contributed by atoms with E-state index in [1.54, 1.807) is 0 Å². The van der Waals surface area contributed by atoms with Crippen LogP contribution in [-0.2, 0) is 4.79 Å². The lowest BCUT2D eigenvalue weighted by molar-refractivity contribution is -0.115. The van der Waals surface area contributed by atoms with Crippen molar-refractivity contribution in [2.75, 3.05) is 11.5 Å². The molecule has 0 aromatic rings. The smallest absolute Gasteiger partial charge is 0.183 e. The van der Waals surface area contributed by atoms with Crippen LogP contribution in [0.3, 0.4) is 0 Å². The highest BCUT2D eigenvalue weighted by atomic mass is 32.2. The second-order valence-electron chi connectivity index (χ2n) is 1.65. The van der Waals surface area contributed by atoms with Gasteiger partial charge in [0, 0.05) is 11.5 Å². The standard InChI is InChI=1S/C4H5FOS/c5-4(1-6)2-7-3-4/h1H,2-3H2. The van der Waals surface area contributed by atoms with Crippen LogP contribution in [0, 0.1) is 0 Å². The van der Waals surface area contributed by atoms with Crippen LogP contribution in [-0.4, -0.2) is 23.5 Å². The fourth-order valence-corrected chi connectivity index (χ4v) is 1.10. The Hall–Kier alpha value is -0.0500. The number of halogens is 1. The van der Waals surface area contributed by atoms with Gasteiger partial charge in [-0.25, -0.2) is 4.39 Å². The molecule has 1 fully saturated rings. The molecule has 1 aliphatic rings. The van der Waals surface area contributed by atoms with Crippen LogP contribution >= 0.6 is 11.8 Å². The highest BCUT2D eigenvalue weighted by Crippen LogP contribution is 2.30. The molecule has 40 valence electrons. The number of rotatable bonds is 1. The van der Waals surface area contributed by atoms with Crippen molar-refractivity contribution < 1.29 is 9.18 Å². The number of thioether (sulfide) groups is 1. The van der Waals surface area contributed by atoms with Crippen molar-refractivity contribution in [3.8, 4) is 0 Å². The quantitative estimate of drug-likeness (QED) is 0.472. The molecule has 1 rings (SSSR count). The average molecular weight is 120 g/mol. The minimum Gasteiger partial charge on any atom is -0.300 e. The zero-order valence-corrected chi connectivity index (χ0v) is 4.50. The maximum Gasteiger partial charge on any atom is 0.183 e. The normalized spacial score (nSPS) is 25.9. The van der Waals surface area contributed by atoms with E-state index in [0.29, 0.717) is 17.8 Å². The van der Waals surface area contributed by atoms with E-state index in [0.717, 1.165) is 0 Å². The summed E-state index contributed by atoms with van der Waals surface area (Å²) in [6, 6.07) is 0. The Labute approximate surface area is 45.3 Å². The molecule has 0 spiro atoms. The summed E-state index contributed by atoms with van der Waals surface area (Å²) in [5.74, 6) is 0.715. The first-order valence-electron chi connectivity index (χ1n) is 2.00. The molecule has 0 aromatic carbocycles. The Bertz CT molecular complexity index is 89.7. The van der Waals surface area contributed by atoms with Crippen LogP contribution in [0.1, 0.15) is 0 Å². The lowest BCUT2D eigenvalue weighted by Crippen LogP contribution is -2.39. The number of carbonyl (C=O) groups is 1. The van der Waals surface area contributed by atoms with E-state index in [4.69, 9.17) is 0 Å². The molecule has 0 atom stereocenters. The fourth-order valence-electron chi connectivity index (χ4n) is 0.365.